The van der Waals surface area contributed by atoms with Gasteiger partial charge in [0.25, 0.3) is 8.32 Å². The van der Waals surface area contributed by atoms with Gasteiger partial charge in [0.2, 0.25) is 0 Å². The summed E-state index contributed by atoms with van der Waals surface area (Å²) < 4.78 is 32.2. The van der Waals surface area contributed by atoms with Crippen molar-refractivity contribution < 1.29 is 28.5 Å². The van der Waals surface area contributed by atoms with Gasteiger partial charge in [-0.1, -0.05) is 118 Å². The second-order valence-corrected chi connectivity index (χ2v) is 16.8. The van der Waals surface area contributed by atoms with Gasteiger partial charge in [0.1, 0.15) is 12.7 Å². The van der Waals surface area contributed by atoms with Crippen LogP contribution in [0.1, 0.15) is 57.3 Å². The number of ether oxygens (including phenoxy) is 4. The van der Waals surface area contributed by atoms with E-state index in [-0.39, 0.29) is 11.6 Å². The quantitative estimate of drug-likeness (QED) is 0.165. The minimum Gasteiger partial charge on any atom is -0.493 e. The molecule has 1 saturated heterocycles. The summed E-state index contributed by atoms with van der Waals surface area (Å²) in [6.45, 7) is 7.52. The fourth-order valence-electron chi connectivity index (χ4n) is 6.19. The molecule has 0 radical (unpaired) electrons. The lowest BCUT2D eigenvalue weighted by molar-refractivity contribution is -0.210. The maximum absolute atomic E-state index is 11.1. The monoisotopic (exact) mass is 626 g/mol. The van der Waals surface area contributed by atoms with Crippen molar-refractivity contribution in [1.82, 2.24) is 0 Å². The molecule has 7 heteroatoms. The standard InChI is InChI=1S/C38H46O6Si/c1-38(2,3)45(31-18-10-6-11-19-31,32-20-12-7-13-21-32)44-35(27-39)37(43-36-22-14-15-25-41-36)30-23-24-33(34(26-30)40-4)42-28-29-16-8-5-9-17-29/h5-13,16-21,23-24,26,35-37,39H,14-15,22,25,27-28H2,1-4H3/t35-,36?,37-/m1/s1. The Bertz CT molecular complexity index is 1410. The zero-order chi connectivity index (χ0) is 31.7. The molecule has 0 saturated carbocycles. The van der Waals surface area contributed by atoms with E-state index in [4.69, 9.17) is 23.4 Å². The van der Waals surface area contributed by atoms with Crippen molar-refractivity contribution in [2.24, 2.45) is 0 Å². The highest BCUT2D eigenvalue weighted by Crippen LogP contribution is 2.41. The van der Waals surface area contributed by atoms with E-state index in [0.29, 0.717) is 24.7 Å². The van der Waals surface area contributed by atoms with Crippen molar-refractivity contribution in [3.8, 4) is 11.5 Å². The van der Waals surface area contributed by atoms with Crippen molar-refractivity contribution in [1.29, 1.82) is 0 Å². The van der Waals surface area contributed by atoms with Crippen molar-refractivity contribution >= 4 is 18.7 Å². The van der Waals surface area contributed by atoms with Crippen LogP contribution in [0.5, 0.6) is 11.5 Å². The van der Waals surface area contributed by atoms with Crippen LogP contribution in [-0.4, -0.2) is 46.1 Å². The molecule has 0 amide bonds. The largest absolute Gasteiger partial charge is 0.493 e. The Labute approximate surface area is 269 Å². The fraction of sp³-hybridized carbons (Fsp3) is 0.368. The first-order valence-corrected chi connectivity index (χ1v) is 17.8. The normalized spacial score (nSPS) is 17.0. The minimum absolute atomic E-state index is 0.240. The molecular formula is C38H46O6Si. The summed E-state index contributed by atoms with van der Waals surface area (Å²) in [6, 6.07) is 36.8. The molecule has 1 N–H and O–H groups in total. The van der Waals surface area contributed by atoms with E-state index >= 15 is 0 Å². The number of aliphatic hydroxyl groups is 1. The van der Waals surface area contributed by atoms with Gasteiger partial charge in [-0.15, -0.1) is 0 Å². The Balaban J connectivity index is 1.55. The van der Waals surface area contributed by atoms with Gasteiger partial charge in [0.05, 0.1) is 19.8 Å². The zero-order valence-corrected chi connectivity index (χ0v) is 27.9. The van der Waals surface area contributed by atoms with Gasteiger partial charge in [-0.25, -0.2) is 0 Å². The second kappa shape index (κ2) is 15.2. The van der Waals surface area contributed by atoms with Crippen molar-refractivity contribution in [3.05, 3.63) is 120 Å². The maximum atomic E-state index is 11.1. The third-order valence-corrected chi connectivity index (χ3v) is 13.5. The molecule has 4 aromatic carbocycles. The SMILES string of the molecule is COc1cc([C@@H](OC2CCCCO2)[C@@H](CO)O[Si](c2ccccc2)(c2ccccc2)C(C)(C)C)ccc1OCc1ccccc1. The second-order valence-electron chi connectivity index (χ2n) is 12.5. The first-order chi connectivity index (χ1) is 21.9. The zero-order valence-electron chi connectivity index (χ0n) is 26.9. The summed E-state index contributed by atoms with van der Waals surface area (Å²) in [7, 11) is -1.38. The molecule has 0 aromatic heterocycles. The molecule has 0 spiro atoms. The Morgan fingerprint density at radius 3 is 1.98 bits per heavy atom. The Morgan fingerprint density at radius 1 is 0.822 bits per heavy atom. The molecule has 1 heterocycles. The predicted octanol–water partition coefficient (Wildman–Crippen LogP) is 6.80. The van der Waals surface area contributed by atoms with E-state index in [9.17, 15) is 5.11 Å². The lowest BCUT2D eigenvalue weighted by Gasteiger charge is -2.46. The summed E-state index contributed by atoms with van der Waals surface area (Å²) in [5, 5.41) is 13.1. The molecular weight excluding hydrogens is 580 g/mol. The molecule has 0 aliphatic carbocycles. The van der Waals surface area contributed by atoms with Crippen LogP contribution in [0.15, 0.2) is 109 Å². The first-order valence-electron chi connectivity index (χ1n) is 15.9. The number of aliphatic hydroxyl groups excluding tert-OH is 1. The number of hydrogen-bond donors (Lipinski definition) is 1. The first kappa shape index (κ1) is 32.9. The van der Waals surface area contributed by atoms with E-state index < -0.39 is 26.8 Å². The van der Waals surface area contributed by atoms with E-state index in [0.717, 1.165) is 40.8 Å². The van der Waals surface area contributed by atoms with E-state index in [1.54, 1.807) is 7.11 Å². The topological polar surface area (TPSA) is 66.4 Å². The molecule has 1 fully saturated rings. The molecule has 45 heavy (non-hydrogen) atoms. The van der Waals surface area contributed by atoms with Crippen LogP contribution in [0.25, 0.3) is 0 Å². The number of rotatable bonds is 13. The third-order valence-electron chi connectivity index (χ3n) is 8.45. The smallest absolute Gasteiger partial charge is 0.261 e. The average Bonchev–Trinajstić information content (AvgIpc) is 3.08. The Kier molecular flexibility index (Phi) is 11.1. The summed E-state index contributed by atoms with van der Waals surface area (Å²) in [4.78, 5) is 0. The fourth-order valence-corrected chi connectivity index (χ4v) is 10.9. The van der Waals surface area contributed by atoms with Gasteiger partial charge in [0, 0.05) is 6.61 Å². The third kappa shape index (κ3) is 7.68. The molecule has 1 aliphatic heterocycles. The molecule has 1 unspecified atom stereocenters. The molecule has 1 aliphatic rings. The summed E-state index contributed by atoms with van der Waals surface area (Å²) in [6.07, 6.45) is 1.09. The van der Waals surface area contributed by atoms with Crippen molar-refractivity contribution in [2.75, 3.05) is 20.3 Å². The highest BCUT2D eigenvalue weighted by Gasteiger charge is 2.52. The van der Waals surface area contributed by atoms with Crippen LogP contribution in [-0.2, 0) is 20.5 Å². The summed E-state index contributed by atoms with van der Waals surface area (Å²) in [5.74, 6) is 1.22. The van der Waals surface area contributed by atoms with Gasteiger partial charge in [0.15, 0.2) is 17.8 Å². The molecule has 4 aromatic rings. The lowest BCUT2D eigenvalue weighted by atomic mass is 10.0. The van der Waals surface area contributed by atoms with Crippen LogP contribution >= 0.6 is 0 Å². The van der Waals surface area contributed by atoms with Gasteiger partial charge >= 0.3 is 0 Å². The van der Waals surface area contributed by atoms with Gasteiger partial charge in [-0.05, 0) is 57.9 Å². The van der Waals surface area contributed by atoms with Crippen LogP contribution in [0.2, 0.25) is 5.04 Å². The van der Waals surface area contributed by atoms with E-state index in [2.05, 4.69) is 69.3 Å². The number of benzene rings is 4. The summed E-state index contributed by atoms with van der Waals surface area (Å²) in [5.41, 5.74) is 1.89. The predicted molar refractivity (Wildman–Crippen MR) is 181 cm³/mol. The van der Waals surface area contributed by atoms with Crippen LogP contribution < -0.4 is 19.8 Å². The van der Waals surface area contributed by atoms with E-state index in [1.807, 2.05) is 60.7 Å². The van der Waals surface area contributed by atoms with Gasteiger partial charge in [-0.2, -0.15) is 0 Å². The number of hydrogen-bond acceptors (Lipinski definition) is 6. The highest BCUT2D eigenvalue weighted by atomic mass is 28.4. The van der Waals surface area contributed by atoms with Crippen molar-refractivity contribution in [3.63, 3.8) is 0 Å². The van der Waals surface area contributed by atoms with E-state index in [1.165, 1.54) is 0 Å². The average molecular weight is 627 g/mol. The highest BCUT2D eigenvalue weighted by molar-refractivity contribution is 6.99. The van der Waals surface area contributed by atoms with Crippen LogP contribution in [0.4, 0.5) is 0 Å². The number of methoxy groups -OCH3 is 1. The van der Waals surface area contributed by atoms with Gasteiger partial charge < -0.3 is 28.5 Å². The van der Waals surface area contributed by atoms with Gasteiger partial charge in [-0.3, -0.25) is 0 Å². The Morgan fingerprint density at radius 2 is 1.44 bits per heavy atom. The van der Waals surface area contributed by atoms with Crippen LogP contribution in [0, 0.1) is 0 Å². The van der Waals surface area contributed by atoms with Crippen molar-refractivity contribution in [2.45, 2.75) is 70.2 Å². The molecule has 238 valence electrons. The summed E-state index contributed by atoms with van der Waals surface area (Å²) >= 11 is 0. The molecule has 0 bridgehead atoms. The molecule has 5 rings (SSSR count). The lowest BCUT2D eigenvalue weighted by Crippen LogP contribution is -2.68. The maximum Gasteiger partial charge on any atom is 0.261 e. The molecule has 6 nitrogen and oxygen atoms in total. The molecule has 3 atom stereocenters. The minimum atomic E-state index is -3.01. The Hall–Kier alpha value is -3.46. The van der Waals surface area contributed by atoms with Crippen LogP contribution in [0.3, 0.4) is 0 Å².